The van der Waals surface area contributed by atoms with E-state index in [2.05, 4.69) is 54.4 Å². The molecule has 2 heteroatoms. The third-order valence-electron chi connectivity index (χ3n) is 2.87. The Bertz CT molecular complexity index is 292. The number of nitrogens with zero attached hydrogens (tertiary/aromatic N) is 1. The summed E-state index contributed by atoms with van der Waals surface area (Å²) in [5, 5.41) is 3.43. The molecule has 1 aliphatic heterocycles. The molecule has 0 aliphatic carbocycles. The summed E-state index contributed by atoms with van der Waals surface area (Å²) in [5.41, 5.74) is 1.55. The van der Waals surface area contributed by atoms with Gasteiger partial charge in [0.05, 0.1) is 0 Å². The maximum Gasteiger partial charge on any atom is 0.0470 e. The summed E-state index contributed by atoms with van der Waals surface area (Å²) < 4.78 is 0. The molecule has 0 amide bonds. The molecule has 0 spiro atoms. The molecule has 1 heterocycles. The number of nitrogens with one attached hydrogen (secondary N) is 1. The average Bonchev–Trinajstić information content (AvgIpc) is 2.18. The molecule has 0 radical (unpaired) electrons. The van der Waals surface area contributed by atoms with E-state index in [1.807, 2.05) is 0 Å². The van der Waals surface area contributed by atoms with Gasteiger partial charge in [-0.05, 0) is 26.0 Å². The van der Waals surface area contributed by atoms with Crippen molar-refractivity contribution in [1.82, 2.24) is 5.32 Å². The molecule has 0 atom stereocenters. The summed E-state index contributed by atoms with van der Waals surface area (Å²) in [4.78, 5) is 2.48. The van der Waals surface area contributed by atoms with Crippen molar-refractivity contribution in [3.8, 4) is 0 Å². The molecular weight excluding hydrogens is 172 g/mol. The fourth-order valence-electron chi connectivity index (χ4n) is 2.07. The van der Waals surface area contributed by atoms with Crippen molar-refractivity contribution in [2.45, 2.75) is 19.4 Å². The fourth-order valence-corrected chi connectivity index (χ4v) is 2.07. The molecule has 1 aromatic rings. The van der Waals surface area contributed by atoms with E-state index in [4.69, 9.17) is 0 Å². The van der Waals surface area contributed by atoms with E-state index >= 15 is 0 Å². The van der Waals surface area contributed by atoms with Crippen LogP contribution in [0.5, 0.6) is 0 Å². The summed E-state index contributed by atoms with van der Waals surface area (Å²) in [6.45, 7) is 7.80. The first-order valence-electron chi connectivity index (χ1n) is 5.23. The van der Waals surface area contributed by atoms with Gasteiger partial charge in [0.2, 0.25) is 0 Å². The van der Waals surface area contributed by atoms with Crippen LogP contribution in [0.2, 0.25) is 0 Å². The highest BCUT2D eigenvalue weighted by Gasteiger charge is 2.29. The molecule has 1 N–H and O–H groups in total. The van der Waals surface area contributed by atoms with Crippen LogP contribution in [0, 0.1) is 0 Å². The summed E-state index contributed by atoms with van der Waals surface area (Å²) >= 11 is 0. The average molecular weight is 190 g/mol. The molecule has 2 nitrogen and oxygen atoms in total. The Morgan fingerprint density at radius 2 is 1.93 bits per heavy atom. The van der Waals surface area contributed by atoms with Crippen molar-refractivity contribution < 1.29 is 0 Å². The number of hydrogen-bond donors (Lipinski definition) is 1. The van der Waals surface area contributed by atoms with Crippen molar-refractivity contribution in [3.63, 3.8) is 0 Å². The first-order valence-corrected chi connectivity index (χ1v) is 5.23. The second-order valence-corrected chi connectivity index (χ2v) is 4.48. The Kier molecular flexibility index (Phi) is 2.46. The number of benzene rings is 1. The molecule has 0 saturated carbocycles. The van der Waals surface area contributed by atoms with E-state index in [0.717, 1.165) is 19.6 Å². The summed E-state index contributed by atoms with van der Waals surface area (Å²) in [7, 11) is 0. The number of piperazine rings is 1. The molecule has 14 heavy (non-hydrogen) atoms. The van der Waals surface area contributed by atoms with Crippen LogP contribution in [0.3, 0.4) is 0 Å². The normalized spacial score (nSPS) is 20.9. The zero-order valence-electron chi connectivity index (χ0n) is 8.96. The lowest BCUT2D eigenvalue weighted by atomic mass is 9.99. The molecule has 1 fully saturated rings. The van der Waals surface area contributed by atoms with Crippen LogP contribution < -0.4 is 10.2 Å². The van der Waals surface area contributed by atoms with E-state index in [0.29, 0.717) is 0 Å². The Labute approximate surface area is 85.9 Å². The Balaban J connectivity index is 2.24. The minimum Gasteiger partial charge on any atom is -0.364 e. The van der Waals surface area contributed by atoms with Crippen molar-refractivity contribution in [1.29, 1.82) is 0 Å². The van der Waals surface area contributed by atoms with Crippen molar-refractivity contribution >= 4 is 5.69 Å². The molecule has 2 rings (SSSR count). The van der Waals surface area contributed by atoms with Gasteiger partial charge in [0.15, 0.2) is 0 Å². The van der Waals surface area contributed by atoms with Crippen LogP contribution >= 0.6 is 0 Å². The first-order chi connectivity index (χ1) is 6.70. The van der Waals surface area contributed by atoms with Crippen LogP contribution in [0.25, 0.3) is 0 Å². The van der Waals surface area contributed by atoms with Crippen LogP contribution in [0.1, 0.15) is 13.8 Å². The summed E-state index contributed by atoms with van der Waals surface area (Å²) in [6, 6.07) is 10.7. The quantitative estimate of drug-likeness (QED) is 0.727. The summed E-state index contributed by atoms with van der Waals surface area (Å²) in [5.74, 6) is 0. The number of para-hydroxylation sites is 1. The number of rotatable bonds is 1. The Hall–Kier alpha value is -1.02. The first kappa shape index (κ1) is 9.53. The molecule has 1 saturated heterocycles. The van der Waals surface area contributed by atoms with Gasteiger partial charge < -0.3 is 10.2 Å². The van der Waals surface area contributed by atoms with Crippen LogP contribution in [0.4, 0.5) is 5.69 Å². The number of anilines is 1. The SMILES string of the molecule is CC1(C)CNCCN1c1ccccc1. The molecule has 1 aliphatic rings. The van der Waals surface area contributed by atoms with E-state index in [1.165, 1.54) is 5.69 Å². The van der Waals surface area contributed by atoms with Gasteiger partial charge in [-0.1, -0.05) is 18.2 Å². The molecule has 76 valence electrons. The van der Waals surface area contributed by atoms with Gasteiger partial charge in [-0.25, -0.2) is 0 Å². The second kappa shape index (κ2) is 3.62. The lowest BCUT2D eigenvalue weighted by Crippen LogP contribution is -2.58. The smallest absolute Gasteiger partial charge is 0.0470 e. The maximum absolute atomic E-state index is 3.43. The zero-order chi connectivity index (χ0) is 10.0. The van der Waals surface area contributed by atoms with Gasteiger partial charge in [0.1, 0.15) is 0 Å². The van der Waals surface area contributed by atoms with E-state index in [-0.39, 0.29) is 5.54 Å². The van der Waals surface area contributed by atoms with Gasteiger partial charge in [0, 0.05) is 30.9 Å². The van der Waals surface area contributed by atoms with Crippen LogP contribution in [0.15, 0.2) is 30.3 Å². The lowest BCUT2D eigenvalue weighted by Gasteiger charge is -2.44. The predicted octanol–water partition coefficient (Wildman–Crippen LogP) is 1.87. The zero-order valence-corrected chi connectivity index (χ0v) is 8.96. The van der Waals surface area contributed by atoms with Crippen LogP contribution in [-0.2, 0) is 0 Å². The fraction of sp³-hybridized carbons (Fsp3) is 0.500. The number of hydrogen-bond acceptors (Lipinski definition) is 2. The molecule has 0 bridgehead atoms. The molecule has 0 unspecified atom stereocenters. The largest absolute Gasteiger partial charge is 0.364 e. The van der Waals surface area contributed by atoms with Gasteiger partial charge in [-0.3, -0.25) is 0 Å². The third-order valence-corrected chi connectivity index (χ3v) is 2.87. The van der Waals surface area contributed by atoms with Crippen LogP contribution in [-0.4, -0.2) is 25.2 Å². The van der Waals surface area contributed by atoms with Gasteiger partial charge >= 0.3 is 0 Å². The molecular formula is C12H18N2. The topological polar surface area (TPSA) is 15.3 Å². The van der Waals surface area contributed by atoms with Crippen molar-refractivity contribution in [2.75, 3.05) is 24.5 Å². The van der Waals surface area contributed by atoms with E-state index < -0.39 is 0 Å². The molecule has 1 aromatic carbocycles. The van der Waals surface area contributed by atoms with E-state index in [9.17, 15) is 0 Å². The third kappa shape index (κ3) is 1.75. The summed E-state index contributed by atoms with van der Waals surface area (Å²) in [6.07, 6.45) is 0. The minimum atomic E-state index is 0.222. The lowest BCUT2D eigenvalue weighted by molar-refractivity contribution is 0.380. The van der Waals surface area contributed by atoms with Gasteiger partial charge in [-0.15, -0.1) is 0 Å². The predicted molar refractivity (Wildman–Crippen MR) is 60.7 cm³/mol. The highest BCUT2D eigenvalue weighted by Crippen LogP contribution is 2.24. The molecule has 0 aromatic heterocycles. The van der Waals surface area contributed by atoms with Crippen molar-refractivity contribution in [3.05, 3.63) is 30.3 Å². The Morgan fingerprint density at radius 1 is 1.21 bits per heavy atom. The van der Waals surface area contributed by atoms with Gasteiger partial charge in [-0.2, -0.15) is 0 Å². The highest BCUT2D eigenvalue weighted by atomic mass is 15.3. The standard InChI is InChI=1S/C12H18N2/c1-12(2)10-13-8-9-14(12)11-6-4-3-5-7-11/h3-7,13H,8-10H2,1-2H3. The minimum absolute atomic E-state index is 0.222. The monoisotopic (exact) mass is 190 g/mol. The van der Waals surface area contributed by atoms with E-state index in [1.54, 1.807) is 0 Å². The second-order valence-electron chi connectivity index (χ2n) is 4.48. The van der Waals surface area contributed by atoms with Gasteiger partial charge in [0.25, 0.3) is 0 Å². The maximum atomic E-state index is 3.43. The highest BCUT2D eigenvalue weighted by molar-refractivity contribution is 5.49. The van der Waals surface area contributed by atoms with Crippen molar-refractivity contribution in [2.24, 2.45) is 0 Å². The Morgan fingerprint density at radius 3 is 2.57 bits per heavy atom.